The summed E-state index contributed by atoms with van der Waals surface area (Å²) in [7, 11) is 0. The van der Waals surface area contributed by atoms with Crippen LogP contribution in [-0.2, 0) is 16.1 Å². The molecule has 2 aromatic carbocycles. The number of aliphatic carboxylic acids is 1. The second-order valence-corrected chi connectivity index (χ2v) is 9.08. The van der Waals surface area contributed by atoms with Crippen LogP contribution in [0.5, 0.6) is 0 Å². The molecule has 2 atom stereocenters. The van der Waals surface area contributed by atoms with Gasteiger partial charge in [-0.3, -0.25) is 4.79 Å². The van der Waals surface area contributed by atoms with E-state index in [1.807, 2.05) is 62.4 Å². The summed E-state index contributed by atoms with van der Waals surface area (Å²) in [6.45, 7) is 4.28. The first kappa shape index (κ1) is 23.6. The Morgan fingerprint density at radius 1 is 1.15 bits per heavy atom. The number of carboxylic acids is 1. The number of aromatic nitrogens is 4. The lowest BCUT2D eigenvalue weighted by Crippen LogP contribution is -2.58. The number of unbranched alkanes of at least 4 members (excludes halogenated alkanes) is 1. The summed E-state index contributed by atoms with van der Waals surface area (Å²) in [6.07, 6.45) is 4.15. The molecule has 0 spiro atoms. The molecular formula is C26H31N5O3. The molecule has 8 heteroatoms. The number of H-pyrrole nitrogens is 1. The van der Waals surface area contributed by atoms with Crippen LogP contribution in [0.4, 0.5) is 0 Å². The van der Waals surface area contributed by atoms with Crippen molar-refractivity contribution in [1.82, 2.24) is 25.5 Å². The highest BCUT2D eigenvalue weighted by atomic mass is 16.4. The minimum atomic E-state index is -1.14. The molecule has 4 rings (SSSR count). The topological polar surface area (TPSA) is 112 Å². The van der Waals surface area contributed by atoms with Crippen LogP contribution in [0.2, 0.25) is 0 Å². The van der Waals surface area contributed by atoms with E-state index in [0.717, 1.165) is 47.9 Å². The van der Waals surface area contributed by atoms with E-state index in [1.54, 1.807) is 4.90 Å². The van der Waals surface area contributed by atoms with Crippen molar-refractivity contribution < 1.29 is 14.7 Å². The predicted molar refractivity (Wildman–Crippen MR) is 129 cm³/mol. The molecule has 34 heavy (non-hydrogen) atoms. The molecule has 0 bridgehead atoms. The van der Waals surface area contributed by atoms with Crippen molar-refractivity contribution >= 4 is 11.9 Å². The van der Waals surface area contributed by atoms with Gasteiger partial charge in [0.15, 0.2) is 0 Å². The summed E-state index contributed by atoms with van der Waals surface area (Å²) in [5.41, 5.74) is 2.58. The van der Waals surface area contributed by atoms with Crippen LogP contribution < -0.4 is 0 Å². The first-order valence-corrected chi connectivity index (χ1v) is 11.9. The Kier molecular flexibility index (Phi) is 7.05. The fraction of sp³-hybridized carbons (Fsp3) is 0.423. The van der Waals surface area contributed by atoms with Gasteiger partial charge in [0, 0.05) is 18.5 Å². The quantitative estimate of drug-likeness (QED) is 0.478. The number of amides is 1. The zero-order valence-electron chi connectivity index (χ0n) is 19.7. The molecule has 3 aromatic rings. The second kappa shape index (κ2) is 10.2. The molecule has 2 unspecified atom stereocenters. The van der Waals surface area contributed by atoms with Gasteiger partial charge in [-0.25, -0.2) is 4.79 Å². The third-order valence-corrected chi connectivity index (χ3v) is 7.03. The van der Waals surface area contributed by atoms with Crippen molar-refractivity contribution in [1.29, 1.82) is 0 Å². The summed E-state index contributed by atoms with van der Waals surface area (Å²) < 4.78 is 0. The Morgan fingerprint density at radius 2 is 1.88 bits per heavy atom. The van der Waals surface area contributed by atoms with Crippen LogP contribution >= 0.6 is 0 Å². The van der Waals surface area contributed by atoms with Crippen LogP contribution in [0.3, 0.4) is 0 Å². The Labute approximate surface area is 199 Å². The number of nitrogens with one attached hydrogen (secondary N) is 1. The molecule has 0 aliphatic heterocycles. The van der Waals surface area contributed by atoms with Crippen LogP contribution in [-0.4, -0.2) is 48.0 Å². The van der Waals surface area contributed by atoms with E-state index in [9.17, 15) is 14.7 Å². The van der Waals surface area contributed by atoms with Gasteiger partial charge in [-0.15, -0.1) is 10.2 Å². The summed E-state index contributed by atoms with van der Waals surface area (Å²) in [6, 6.07) is 15.8. The van der Waals surface area contributed by atoms with E-state index in [0.29, 0.717) is 18.7 Å². The number of hydrogen-bond donors (Lipinski definition) is 2. The molecule has 1 fully saturated rings. The average Bonchev–Trinajstić information content (AvgIpc) is 3.52. The molecule has 1 heterocycles. The Balaban J connectivity index is 1.64. The summed E-state index contributed by atoms with van der Waals surface area (Å²) in [5.74, 6) is -0.541. The third kappa shape index (κ3) is 4.44. The van der Waals surface area contributed by atoms with Crippen molar-refractivity contribution in [3.05, 3.63) is 54.1 Å². The lowest BCUT2D eigenvalue weighted by atomic mass is 9.85. The van der Waals surface area contributed by atoms with Crippen molar-refractivity contribution in [2.75, 3.05) is 0 Å². The van der Waals surface area contributed by atoms with Gasteiger partial charge in [0.05, 0.1) is 0 Å². The molecule has 178 valence electrons. The number of tetrazole rings is 1. The number of carbonyl (C=O) groups excluding carboxylic acids is 1. The minimum Gasteiger partial charge on any atom is -0.479 e. The number of carbonyl (C=O) groups is 2. The maximum atomic E-state index is 13.3. The fourth-order valence-corrected chi connectivity index (χ4v) is 5.09. The van der Waals surface area contributed by atoms with E-state index in [4.69, 9.17) is 0 Å². The van der Waals surface area contributed by atoms with Gasteiger partial charge in [-0.1, -0.05) is 75.2 Å². The van der Waals surface area contributed by atoms with Gasteiger partial charge in [-0.2, -0.15) is 5.21 Å². The number of carboxylic acid groups (broad SMARTS) is 1. The van der Waals surface area contributed by atoms with Gasteiger partial charge in [-0.05, 0) is 47.1 Å². The highest BCUT2D eigenvalue weighted by Crippen LogP contribution is 2.42. The zero-order chi connectivity index (χ0) is 24.1. The molecule has 1 amide bonds. The Bertz CT molecular complexity index is 1130. The number of nitrogens with zero attached hydrogens (tertiary/aromatic N) is 4. The SMILES string of the molecule is CCCCC(=O)N(Cc1ccc(-c2ccccc2-c2nn[nH]n2)cc1)C1(C(=O)O)CCCC1C. The molecule has 1 aliphatic carbocycles. The first-order valence-electron chi connectivity index (χ1n) is 11.9. The normalized spacial score (nSPS) is 19.8. The molecule has 0 saturated heterocycles. The largest absolute Gasteiger partial charge is 0.479 e. The van der Waals surface area contributed by atoms with E-state index >= 15 is 0 Å². The molecule has 1 saturated carbocycles. The van der Waals surface area contributed by atoms with E-state index in [2.05, 4.69) is 20.6 Å². The van der Waals surface area contributed by atoms with Gasteiger partial charge >= 0.3 is 5.97 Å². The maximum absolute atomic E-state index is 13.3. The summed E-state index contributed by atoms with van der Waals surface area (Å²) in [5, 5.41) is 24.6. The fourth-order valence-electron chi connectivity index (χ4n) is 5.09. The number of benzene rings is 2. The Hall–Kier alpha value is -3.55. The van der Waals surface area contributed by atoms with Gasteiger partial charge in [0.2, 0.25) is 11.7 Å². The molecule has 1 aromatic heterocycles. The lowest BCUT2D eigenvalue weighted by Gasteiger charge is -2.41. The van der Waals surface area contributed by atoms with Gasteiger partial charge < -0.3 is 10.0 Å². The van der Waals surface area contributed by atoms with Crippen LogP contribution in [0.1, 0.15) is 57.9 Å². The average molecular weight is 462 g/mol. The monoisotopic (exact) mass is 461 g/mol. The predicted octanol–water partition coefficient (Wildman–Crippen LogP) is 4.70. The zero-order valence-corrected chi connectivity index (χ0v) is 19.7. The van der Waals surface area contributed by atoms with Crippen molar-refractivity contribution in [2.45, 2.75) is 64.5 Å². The molecular weight excluding hydrogens is 430 g/mol. The second-order valence-electron chi connectivity index (χ2n) is 9.08. The van der Waals surface area contributed by atoms with E-state index in [1.165, 1.54) is 0 Å². The number of aromatic amines is 1. The minimum absolute atomic E-state index is 0.0791. The molecule has 1 aliphatic rings. The highest BCUT2D eigenvalue weighted by molar-refractivity contribution is 5.88. The van der Waals surface area contributed by atoms with Crippen LogP contribution in [0.15, 0.2) is 48.5 Å². The van der Waals surface area contributed by atoms with Crippen molar-refractivity contribution in [3.63, 3.8) is 0 Å². The highest BCUT2D eigenvalue weighted by Gasteiger charge is 2.53. The van der Waals surface area contributed by atoms with Crippen molar-refractivity contribution in [3.8, 4) is 22.5 Å². The van der Waals surface area contributed by atoms with Gasteiger partial charge in [0.1, 0.15) is 5.54 Å². The number of rotatable bonds is 9. The maximum Gasteiger partial charge on any atom is 0.329 e. The summed E-state index contributed by atoms with van der Waals surface area (Å²) >= 11 is 0. The lowest BCUT2D eigenvalue weighted by molar-refractivity contribution is -0.163. The van der Waals surface area contributed by atoms with E-state index in [-0.39, 0.29) is 18.4 Å². The van der Waals surface area contributed by atoms with E-state index < -0.39 is 11.5 Å². The molecule has 8 nitrogen and oxygen atoms in total. The third-order valence-electron chi connectivity index (χ3n) is 7.03. The standard InChI is InChI=1S/C26H31N5O3/c1-3-4-11-23(32)31(26(25(33)34)16-7-8-18(26)2)17-19-12-14-20(15-13-19)21-9-5-6-10-22(21)24-27-29-30-28-24/h5-6,9-10,12-15,18H,3-4,7-8,11,16-17H2,1-2H3,(H,33,34)(H,27,28,29,30). The molecule has 2 N–H and O–H groups in total. The first-order chi connectivity index (χ1) is 16.5. The number of hydrogen-bond acceptors (Lipinski definition) is 5. The smallest absolute Gasteiger partial charge is 0.329 e. The van der Waals surface area contributed by atoms with Crippen molar-refractivity contribution in [2.24, 2.45) is 5.92 Å². The summed E-state index contributed by atoms with van der Waals surface area (Å²) in [4.78, 5) is 27.4. The van der Waals surface area contributed by atoms with Gasteiger partial charge in [0.25, 0.3) is 0 Å². The molecule has 0 radical (unpaired) electrons. The Morgan fingerprint density at radius 3 is 2.47 bits per heavy atom. The van der Waals surface area contributed by atoms with Crippen LogP contribution in [0, 0.1) is 5.92 Å². The van der Waals surface area contributed by atoms with Crippen LogP contribution in [0.25, 0.3) is 22.5 Å².